The van der Waals surface area contributed by atoms with E-state index in [0.717, 1.165) is 41.6 Å². The maximum absolute atomic E-state index is 4.67. The molecule has 1 atom stereocenters. The molecular weight excluding hydrogens is 537 g/mol. The predicted molar refractivity (Wildman–Crippen MR) is 130 cm³/mol. The van der Waals surface area contributed by atoms with Crippen LogP contribution in [-0.4, -0.2) is 37.1 Å². The van der Waals surface area contributed by atoms with Crippen LogP contribution in [0.5, 0.6) is 0 Å². The normalized spacial score (nSPS) is 16.9. The summed E-state index contributed by atoms with van der Waals surface area (Å²) in [7, 11) is 0. The Morgan fingerprint density at radius 3 is 2.78 bits per heavy atom. The van der Waals surface area contributed by atoms with Crippen molar-refractivity contribution in [2.75, 3.05) is 31.1 Å². The van der Waals surface area contributed by atoms with Gasteiger partial charge in [-0.3, -0.25) is 0 Å². The molecule has 1 fully saturated rings. The number of aromatic nitrogens is 1. The van der Waals surface area contributed by atoms with Crippen molar-refractivity contribution in [2.24, 2.45) is 10.9 Å². The summed E-state index contributed by atoms with van der Waals surface area (Å²) < 4.78 is 1.13. The Balaban J connectivity index is 0.00000261. The van der Waals surface area contributed by atoms with Crippen LogP contribution < -0.4 is 15.5 Å². The number of thiazole rings is 1. The summed E-state index contributed by atoms with van der Waals surface area (Å²) in [5.41, 5.74) is 1.30. The summed E-state index contributed by atoms with van der Waals surface area (Å²) in [6, 6.07) is 8.58. The van der Waals surface area contributed by atoms with E-state index in [1.807, 2.05) is 6.20 Å². The van der Waals surface area contributed by atoms with Crippen molar-refractivity contribution in [3.8, 4) is 0 Å². The molecule has 1 aliphatic rings. The summed E-state index contributed by atoms with van der Waals surface area (Å²) >= 11 is 5.21. The Hall–Kier alpha value is -0.870. The first-order chi connectivity index (χ1) is 12.6. The van der Waals surface area contributed by atoms with Crippen LogP contribution in [0.4, 0.5) is 5.69 Å². The van der Waals surface area contributed by atoms with Gasteiger partial charge in [0, 0.05) is 47.4 Å². The second-order valence-corrected chi connectivity index (χ2v) is 8.75. The molecule has 2 heterocycles. The molecule has 0 bridgehead atoms. The summed E-state index contributed by atoms with van der Waals surface area (Å²) in [5.74, 6) is 1.51. The van der Waals surface area contributed by atoms with Crippen molar-refractivity contribution in [2.45, 2.75) is 26.8 Å². The minimum atomic E-state index is 0. The van der Waals surface area contributed by atoms with Gasteiger partial charge in [-0.25, -0.2) is 9.98 Å². The summed E-state index contributed by atoms with van der Waals surface area (Å²) in [5, 5.41) is 7.89. The van der Waals surface area contributed by atoms with Crippen LogP contribution in [0.1, 0.15) is 23.2 Å². The monoisotopic (exact) mass is 563 g/mol. The van der Waals surface area contributed by atoms with Gasteiger partial charge in [0.05, 0.1) is 6.54 Å². The highest BCUT2D eigenvalue weighted by atomic mass is 127. The molecule has 0 amide bonds. The smallest absolute Gasteiger partial charge is 0.191 e. The third-order valence-electron chi connectivity index (χ3n) is 4.42. The predicted octanol–water partition coefficient (Wildman–Crippen LogP) is 4.41. The zero-order chi connectivity index (χ0) is 18.4. The molecule has 3 rings (SSSR count). The van der Waals surface area contributed by atoms with Crippen LogP contribution >= 0.6 is 51.2 Å². The molecule has 1 aromatic carbocycles. The van der Waals surface area contributed by atoms with E-state index in [0.29, 0.717) is 12.5 Å². The Morgan fingerprint density at radius 1 is 1.33 bits per heavy atom. The van der Waals surface area contributed by atoms with E-state index in [-0.39, 0.29) is 24.0 Å². The zero-order valence-electron chi connectivity index (χ0n) is 15.7. The average Bonchev–Trinajstić information content (AvgIpc) is 3.27. The van der Waals surface area contributed by atoms with Crippen LogP contribution in [-0.2, 0) is 6.54 Å². The molecule has 5 nitrogen and oxygen atoms in total. The van der Waals surface area contributed by atoms with Gasteiger partial charge in [0.25, 0.3) is 0 Å². The van der Waals surface area contributed by atoms with Crippen LogP contribution in [0.3, 0.4) is 0 Å². The summed E-state index contributed by atoms with van der Waals surface area (Å²) in [4.78, 5) is 12.7. The Kier molecular flexibility index (Phi) is 9.31. The number of aliphatic imine (C=N–C) groups is 1. The Labute approximate surface area is 191 Å². The highest BCUT2D eigenvalue weighted by molar-refractivity contribution is 14.0. The molecule has 27 heavy (non-hydrogen) atoms. The fourth-order valence-corrected chi connectivity index (χ4v) is 4.07. The van der Waals surface area contributed by atoms with E-state index in [9.17, 15) is 0 Å². The van der Waals surface area contributed by atoms with Gasteiger partial charge < -0.3 is 15.5 Å². The first-order valence-electron chi connectivity index (χ1n) is 9.08. The molecule has 1 saturated heterocycles. The molecule has 2 N–H and O–H groups in total. The molecule has 8 heteroatoms. The summed E-state index contributed by atoms with van der Waals surface area (Å²) in [6.45, 7) is 8.79. The Morgan fingerprint density at radius 2 is 2.11 bits per heavy atom. The largest absolute Gasteiger partial charge is 0.371 e. The van der Waals surface area contributed by atoms with Gasteiger partial charge >= 0.3 is 0 Å². The number of rotatable bonds is 6. The standard InChI is InChI=1S/C19H26BrN5S.HI/c1-3-21-19(24-12-18-22-10-14(2)26-18)23-11-15-8-9-25(13-15)17-6-4-16(20)5-7-17;/h4-7,10,15H,3,8-9,11-13H2,1-2H3,(H2,21,23,24);1H. The number of benzene rings is 1. The summed E-state index contributed by atoms with van der Waals surface area (Å²) in [6.07, 6.45) is 3.11. The van der Waals surface area contributed by atoms with Crippen molar-refractivity contribution >= 4 is 62.9 Å². The SMILES string of the molecule is CCNC(=NCc1ncc(C)s1)NCC1CCN(c2ccc(Br)cc2)C1.I. The third-order valence-corrected chi connectivity index (χ3v) is 5.85. The second kappa shape index (κ2) is 11.2. The molecule has 0 radical (unpaired) electrons. The lowest BCUT2D eigenvalue weighted by molar-refractivity contribution is 0.566. The minimum absolute atomic E-state index is 0. The van der Waals surface area contributed by atoms with E-state index in [1.54, 1.807) is 11.3 Å². The van der Waals surface area contributed by atoms with Gasteiger partial charge in [-0.1, -0.05) is 15.9 Å². The second-order valence-electron chi connectivity index (χ2n) is 6.52. The number of aryl methyl sites for hydroxylation is 1. The van der Waals surface area contributed by atoms with Gasteiger partial charge in [0.15, 0.2) is 5.96 Å². The van der Waals surface area contributed by atoms with E-state index >= 15 is 0 Å². The Bertz CT molecular complexity index is 734. The number of nitrogens with zero attached hydrogens (tertiary/aromatic N) is 3. The first kappa shape index (κ1) is 22.4. The van der Waals surface area contributed by atoms with Crippen LogP contribution in [0.25, 0.3) is 0 Å². The fraction of sp³-hybridized carbons (Fsp3) is 0.474. The van der Waals surface area contributed by atoms with Gasteiger partial charge in [-0.2, -0.15) is 0 Å². The maximum Gasteiger partial charge on any atom is 0.191 e. The van der Waals surface area contributed by atoms with Crippen molar-refractivity contribution in [1.82, 2.24) is 15.6 Å². The lowest BCUT2D eigenvalue weighted by Crippen LogP contribution is -2.40. The number of anilines is 1. The van der Waals surface area contributed by atoms with Crippen molar-refractivity contribution in [3.63, 3.8) is 0 Å². The molecular formula is C19H27BrIN5S. The maximum atomic E-state index is 4.67. The van der Waals surface area contributed by atoms with Gasteiger partial charge in [0.2, 0.25) is 0 Å². The molecule has 1 unspecified atom stereocenters. The topological polar surface area (TPSA) is 52.6 Å². The molecule has 0 spiro atoms. The lowest BCUT2D eigenvalue weighted by atomic mass is 10.1. The first-order valence-corrected chi connectivity index (χ1v) is 10.7. The molecule has 1 aromatic heterocycles. The van der Waals surface area contributed by atoms with E-state index < -0.39 is 0 Å². The minimum Gasteiger partial charge on any atom is -0.371 e. The molecule has 1 aliphatic heterocycles. The fourth-order valence-electron chi connectivity index (χ4n) is 3.09. The number of nitrogens with one attached hydrogen (secondary N) is 2. The highest BCUT2D eigenvalue weighted by Gasteiger charge is 2.22. The van der Waals surface area contributed by atoms with Gasteiger partial charge in [0.1, 0.15) is 5.01 Å². The molecule has 0 saturated carbocycles. The van der Waals surface area contributed by atoms with E-state index in [4.69, 9.17) is 0 Å². The van der Waals surface area contributed by atoms with Crippen molar-refractivity contribution in [1.29, 1.82) is 0 Å². The average molecular weight is 564 g/mol. The van der Waals surface area contributed by atoms with E-state index in [2.05, 4.69) is 79.6 Å². The highest BCUT2D eigenvalue weighted by Crippen LogP contribution is 2.25. The van der Waals surface area contributed by atoms with Crippen LogP contribution in [0.2, 0.25) is 0 Å². The number of hydrogen-bond acceptors (Lipinski definition) is 4. The van der Waals surface area contributed by atoms with Gasteiger partial charge in [-0.15, -0.1) is 35.3 Å². The van der Waals surface area contributed by atoms with Crippen LogP contribution in [0, 0.1) is 12.8 Å². The quantitative estimate of drug-likeness (QED) is 0.310. The molecule has 2 aromatic rings. The lowest BCUT2D eigenvalue weighted by Gasteiger charge is -2.19. The van der Waals surface area contributed by atoms with Gasteiger partial charge in [-0.05, 0) is 50.5 Å². The number of guanidine groups is 1. The molecule has 148 valence electrons. The number of hydrogen-bond donors (Lipinski definition) is 2. The molecule has 0 aliphatic carbocycles. The van der Waals surface area contributed by atoms with Crippen molar-refractivity contribution < 1.29 is 0 Å². The third kappa shape index (κ3) is 6.90. The zero-order valence-corrected chi connectivity index (χ0v) is 20.5. The van der Waals surface area contributed by atoms with Crippen LogP contribution in [0.15, 0.2) is 39.9 Å². The number of halogens is 2. The van der Waals surface area contributed by atoms with Crippen molar-refractivity contribution in [3.05, 3.63) is 44.8 Å². The van der Waals surface area contributed by atoms with E-state index in [1.165, 1.54) is 17.0 Å².